The van der Waals surface area contributed by atoms with E-state index < -0.39 is 0 Å². The van der Waals surface area contributed by atoms with E-state index in [0.29, 0.717) is 5.75 Å². The Kier molecular flexibility index (Phi) is 2.85. The third-order valence-corrected chi connectivity index (χ3v) is 3.89. The zero-order valence-corrected chi connectivity index (χ0v) is 12.3. The molecule has 0 atom stereocenters. The van der Waals surface area contributed by atoms with Crippen molar-refractivity contribution in [3.63, 3.8) is 0 Å². The Balaban J connectivity index is 2.32. The fraction of sp³-hybridized carbons (Fsp3) is 0.294. The van der Waals surface area contributed by atoms with Crippen LogP contribution in [0.1, 0.15) is 36.5 Å². The van der Waals surface area contributed by atoms with Crippen LogP contribution in [0.5, 0.6) is 5.75 Å². The third kappa shape index (κ3) is 1.90. The minimum atomic E-state index is 0.246. The number of nitrogens with one attached hydrogen (secondary N) is 2. The van der Waals surface area contributed by atoms with Gasteiger partial charge in [-0.1, -0.05) is 19.9 Å². The van der Waals surface area contributed by atoms with E-state index in [9.17, 15) is 5.11 Å². The molecule has 3 heteroatoms. The number of anilines is 4. The molecule has 0 saturated carbocycles. The SMILES string of the molecule is Cc1ccc2cc1Nc1cc(C)c(c(O)c1C(C)C)N2. The highest BCUT2D eigenvalue weighted by Crippen LogP contribution is 2.44. The van der Waals surface area contributed by atoms with Gasteiger partial charge in [-0.05, 0) is 49.1 Å². The largest absolute Gasteiger partial charge is 0.505 e. The predicted molar refractivity (Wildman–Crippen MR) is 84.7 cm³/mol. The Hall–Kier alpha value is -2.16. The average Bonchev–Trinajstić information content (AvgIpc) is 2.45. The minimum Gasteiger partial charge on any atom is -0.505 e. The average molecular weight is 268 g/mol. The van der Waals surface area contributed by atoms with Crippen molar-refractivity contribution in [2.45, 2.75) is 33.6 Å². The second-order valence-corrected chi connectivity index (χ2v) is 5.81. The molecule has 3 nitrogen and oxygen atoms in total. The first-order chi connectivity index (χ1) is 9.47. The highest BCUT2D eigenvalue weighted by molar-refractivity contribution is 5.83. The van der Waals surface area contributed by atoms with Crippen LogP contribution < -0.4 is 10.6 Å². The normalized spacial score (nSPS) is 12.4. The summed E-state index contributed by atoms with van der Waals surface area (Å²) in [4.78, 5) is 0. The van der Waals surface area contributed by atoms with Gasteiger partial charge in [0.1, 0.15) is 5.75 Å². The number of hydrogen-bond donors (Lipinski definition) is 3. The molecule has 4 rings (SSSR count). The van der Waals surface area contributed by atoms with Crippen LogP contribution in [0, 0.1) is 13.8 Å². The van der Waals surface area contributed by atoms with Gasteiger partial charge in [-0.2, -0.15) is 0 Å². The van der Waals surface area contributed by atoms with Crippen molar-refractivity contribution in [1.82, 2.24) is 0 Å². The van der Waals surface area contributed by atoms with Crippen molar-refractivity contribution in [3.05, 3.63) is 41.0 Å². The summed E-state index contributed by atoms with van der Waals surface area (Å²) in [7, 11) is 0. The van der Waals surface area contributed by atoms with E-state index in [-0.39, 0.29) is 5.92 Å². The van der Waals surface area contributed by atoms with Crippen molar-refractivity contribution in [2.24, 2.45) is 0 Å². The van der Waals surface area contributed by atoms with E-state index in [1.807, 2.05) is 13.0 Å². The summed E-state index contributed by atoms with van der Waals surface area (Å²) >= 11 is 0. The van der Waals surface area contributed by atoms with E-state index in [0.717, 1.165) is 33.9 Å². The number of phenolic OH excluding ortho intramolecular Hbond substituents is 1. The number of aromatic hydroxyl groups is 1. The van der Waals surface area contributed by atoms with Gasteiger partial charge in [0.25, 0.3) is 0 Å². The molecule has 0 saturated heterocycles. The Morgan fingerprint density at radius 1 is 0.950 bits per heavy atom. The monoisotopic (exact) mass is 268 g/mol. The first kappa shape index (κ1) is 12.9. The van der Waals surface area contributed by atoms with E-state index >= 15 is 0 Å². The van der Waals surface area contributed by atoms with Gasteiger partial charge in [0, 0.05) is 22.6 Å². The number of fused-ring (bicyclic) bond motifs is 2. The molecule has 2 heterocycles. The summed E-state index contributed by atoms with van der Waals surface area (Å²) < 4.78 is 0. The summed E-state index contributed by atoms with van der Waals surface area (Å²) in [6, 6.07) is 8.30. The van der Waals surface area contributed by atoms with Crippen molar-refractivity contribution < 1.29 is 5.11 Å². The van der Waals surface area contributed by atoms with Crippen LogP contribution in [0.2, 0.25) is 0 Å². The van der Waals surface area contributed by atoms with Gasteiger partial charge in [-0.15, -0.1) is 0 Å². The lowest BCUT2D eigenvalue weighted by molar-refractivity contribution is 0.467. The summed E-state index contributed by atoms with van der Waals surface area (Å²) in [6.07, 6.45) is 0. The maximum atomic E-state index is 10.6. The second kappa shape index (κ2) is 4.44. The van der Waals surface area contributed by atoms with Crippen LogP contribution in [-0.2, 0) is 0 Å². The van der Waals surface area contributed by atoms with Crippen molar-refractivity contribution in [3.8, 4) is 5.75 Å². The van der Waals surface area contributed by atoms with Crippen molar-refractivity contribution in [1.29, 1.82) is 0 Å². The number of aryl methyl sites for hydroxylation is 2. The first-order valence-corrected chi connectivity index (χ1v) is 6.98. The molecular formula is C17H20N2O. The molecule has 2 aromatic carbocycles. The number of rotatable bonds is 1. The number of benzene rings is 2. The Morgan fingerprint density at radius 2 is 1.70 bits per heavy atom. The van der Waals surface area contributed by atoms with Crippen LogP contribution in [0.15, 0.2) is 24.3 Å². The maximum absolute atomic E-state index is 10.6. The van der Waals surface area contributed by atoms with Gasteiger partial charge in [0.05, 0.1) is 5.69 Å². The smallest absolute Gasteiger partial charge is 0.144 e. The summed E-state index contributed by atoms with van der Waals surface area (Å²) in [5.41, 5.74) is 7.03. The van der Waals surface area contributed by atoms with Crippen LogP contribution in [0.4, 0.5) is 22.7 Å². The van der Waals surface area contributed by atoms with Gasteiger partial charge >= 0.3 is 0 Å². The van der Waals surface area contributed by atoms with Gasteiger partial charge in [0.15, 0.2) is 0 Å². The van der Waals surface area contributed by atoms with Crippen LogP contribution in [-0.4, -0.2) is 5.11 Å². The molecule has 0 aromatic heterocycles. The standard InChI is InChI=1S/C17H20N2O/c1-9(2)15-14-7-11(4)16(17(15)20)18-12-6-5-10(3)13(8-12)19-14/h5-9,18-20H,1-4H3. The third-order valence-electron chi connectivity index (χ3n) is 3.89. The lowest BCUT2D eigenvalue weighted by Crippen LogP contribution is -2.01. The molecule has 2 aliphatic heterocycles. The van der Waals surface area contributed by atoms with Crippen molar-refractivity contribution in [2.75, 3.05) is 10.6 Å². The lowest BCUT2D eigenvalue weighted by Gasteiger charge is -2.19. The number of hydrogen-bond acceptors (Lipinski definition) is 3. The first-order valence-electron chi connectivity index (χ1n) is 6.98. The quantitative estimate of drug-likeness (QED) is 0.548. The fourth-order valence-electron chi connectivity index (χ4n) is 2.78. The lowest BCUT2D eigenvalue weighted by atomic mass is 9.96. The Bertz CT molecular complexity index is 690. The fourth-order valence-corrected chi connectivity index (χ4v) is 2.78. The molecule has 0 radical (unpaired) electrons. The van der Waals surface area contributed by atoms with Gasteiger partial charge in [-0.25, -0.2) is 0 Å². The number of phenols is 1. The molecule has 4 bridgehead atoms. The zero-order valence-electron chi connectivity index (χ0n) is 12.3. The highest BCUT2D eigenvalue weighted by Gasteiger charge is 2.20. The molecule has 2 aromatic rings. The van der Waals surface area contributed by atoms with Gasteiger partial charge < -0.3 is 15.7 Å². The summed E-state index contributed by atoms with van der Waals surface area (Å²) in [5, 5.41) is 17.5. The van der Waals surface area contributed by atoms with Crippen LogP contribution >= 0.6 is 0 Å². The Labute approximate surface area is 119 Å². The molecule has 0 spiro atoms. The maximum Gasteiger partial charge on any atom is 0.144 e. The molecule has 20 heavy (non-hydrogen) atoms. The second-order valence-electron chi connectivity index (χ2n) is 5.81. The van der Waals surface area contributed by atoms with E-state index in [2.05, 4.69) is 49.6 Å². The van der Waals surface area contributed by atoms with Gasteiger partial charge in [-0.3, -0.25) is 0 Å². The van der Waals surface area contributed by atoms with E-state index in [1.54, 1.807) is 0 Å². The Morgan fingerprint density at radius 3 is 2.40 bits per heavy atom. The minimum absolute atomic E-state index is 0.246. The molecule has 0 fully saturated rings. The highest BCUT2D eigenvalue weighted by atomic mass is 16.3. The molecule has 0 amide bonds. The molecule has 3 N–H and O–H groups in total. The van der Waals surface area contributed by atoms with Crippen LogP contribution in [0.3, 0.4) is 0 Å². The predicted octanol–water partition coefficient (Wildman–Crippen LogP) is 4.93. The molecule has 0 aliphatic carbocycles. The van der Waals surface area contributed by atoms with Crippen molar-refractivity contribution >= 4 is 22.7 Å². The zero-order chi connectivity index (χ0) is 14.4. The van der Waals surface area contributed by atoms with Gasteiger partial charge in [0.2, 0.25) is 0 Å². The van der Waals surface area contributed by atoms with Crippen LogP contribution in [0.25, 0.3) is 0 Å². The molecular weight excluding hydrogens is 248 g/mol. The summed E-state index contributed by atoms with van der Waals surface area (Å²) in [5.74, 6) is 0.595. The molecule has 0 unspecified atom stereocenters. The molecule has 104 valence electrons. The van der Waals surface area contributed by atoms with E-state index in [4.69, 9.17) is 0 Å². The summed E-state index contributed by atoms with van der Waals surface area (Å²) in [6.45, 7) is 8.29. The van der Waals surface area contributed by atoms with E-state index in [1.165, 1.54) is 5.56 Å². The molecule has 2 aliphatic rings. The topological polar surface area (TPSA) is 44.3 Å².